The molecule has 0 unspecified atom stereocenters. The summed E-state index contributed by atoms with van der Waals surface area (Å²) in [4.78, 5) is 9.15. The minimum Gasteiger partial charge on any atom is -0.236 e. The average Bonchev–Trinajstić information content (AvgIpc) is 2.71. The molecule has 0 atom stereocenters. The third kappa shape index (κ3) is 8.69. The Bertz CT molecular complexity index is 601. The third-order valence-electron chi connectivity index (χ3n) is 5.31. The summed E-state index contributed by atoms with van der Waals surface area (Å²) in [5.74, 6) is 0.842. The van der Waals surface area contributed by atoms with Crippen LogP contribution in [0.2, 0.25) is 0 Å². The molecule has 0 bridgehead atoms. The van der Waals surface area contributed by atoms with E-state index in [0.717, 1.165) is 17.8 Å². The Balaban J connectivity index is 1.72. The van der Waals surface area contributed by atoms with Crippen LogP contribution in [0.4, 0.5) is 0 Å². The van der Waals surface area contributed by atoms with Crippen LogP contribution in [0.15, 0.2) is 36.7 Å². The SMILES string of the molecule is CCCCCCCCCc1ccc(-c2ncc(CCCCCC)cn2)cc1. The fourth-order valence-corrected chi connectivity index (χ4v) is 3.50. The van der Waals surface area contributed by atoms with E-state index in [0.29, 0.717) is 0 Å². The van der Waals surface area contributed by atoms with Gasteiger partial charge in [0.25, 0.3) is 0 Å². The quantitative estimate of drug-likeness (QED) is 0.322. The minimum absolute atomic E-state index is 0.842. The van der Waals surface area contributed by atoms with E-state index in [9.17, 15) is 0 Å². The summed E-state index contributed by atoms with van der Waals surface area (Å²) in [6.45, 7) is 4.52. The molecule has 0 aliphatic rings. The van der Waals surface area contributed by atoms with E-state index < -0.39 is 0 Å². The first-order chi connectivity index (χ1) is 13.3. The van der Waals surface area contributed by atoms with Crippen molar-refractivity contribution in [2.45, 2.75) is 97.3 Å². The molecule has 2 nitrogen and oxygen atoms in total. The fraction of sp³-hybridized carbons (Fsp3) is 0.600. The van der Waals surface area contributed by atoms with E-state index in [4.69, 9.17) is 0 Å². The van der Waals surface area contributed by atoms with Crippen LogP contribution in [0.25, 0.3) is 11.4 Å². The first-order valence-corrected chi connectivity index (χ1v) is 11.2. The second-order valence-electron chi connectivity index (χ2n) is 7.79. The zero-order chi connectivity index (χ0) is 19.2. The van der Waals surface area contributed by atoms with Gasteiger partial charge in [-0.1, -0.05) is 95.9 Å². The molecule has 0 radical (unpaired) electrons. The molecule has 0 saturated carbocycles. The standard InChI is InChI=1S/C25H38N2/c1-3-5-7-9-10-11-13-14-22-16-18-24(19-17-22)25-26-20-23(21-27-25)15-12-8-6-4-2/h16-21H,3-15H2,1-2H3. The van der Waals surface area contributed by atoms with Crippen LogP contribution in [0.5, 0.6) is 0 Å². The zero-order valence-corrected chi connectivity index (χ0v) is 17.6. The lowest BCUT2D eigenvalue weighted by Gasteiger charge is -2.05. The summed E-state index contributed by atoms with van der Waals surface area (Å²) < 4.78 is 0. The van der Waals surface area contributed by atoms with Gasteiger partial charge in [-0.2, -0.15) is 0 Å². The van der Waals surface area contributed by atoms with E-state index in [1.165, 1.54) is 88.2 Å². The number of unbranched alkanes of at least 4 members (excludes halogenated alkanes) is 9. The molecule has 0 spiro atoms. The van der Waals surface area contributed by atoms with Crippen LogP contribution in [0, 0.1) is 0 Å². The van der Waals surface area contributed by atoms with E-state index >= 15 is 0 Å². The molecular weight excluding hydrogens is 328 g/mol. The van der Waals surface area contributed by atoms with E-state index in [1.54, 1.807) is 0 Å². The molecule has 2 heteroatoms. The Morgan fingerprint density at radius 2 is 1.04 bits per heavy atom. The largest absolute Gasteiger partial charge is 0.236 e. The minimum atomic E-state index is 0.842. The highest BCUT2D eigenvalue weighted by atomic mass is 14.9. The van der Waals surface area contributed by atoms with Gasteiger partial charge in [0, 0.05) is 18.0 Å². The van der Waals surface area contributed by atoms with Gasteiger partial charge < -0.3 is 0 Å². The van der Waals surface area contributed by atoms with E-state index in [-0.39, 0.29) is 0 Å². The van der Waals surface area contributed by atoms with E-state index in [2.05, 4.69) is 48.1 Å². The van der Waals surface area contributed by atoms with Crippen molar-refractivity contribution in [3.63, 3.8) is 0 Å². The van der Waals surface area contributed by atoms with Crippen molar-refractivity contribution < 1.29 is 0 Å². The molecule has 1 heterocycles. The Morgan fingerprint density at radius 3 is 1.63 bits per heavy atom. The molecular formula is C25H38N2. The molecule has 0 saturated heterocycles. The molecule has 1 aromatic heterocycles. The molecule has 0 N–H and O–H groups in total. The molecule has 2 aromatic rings. The average molecular weight is 367 g/mol. The fourth-order valence-electron chi connectivity index (χ4n) is 3.50. The number of rotatable bonds is 14. The molecule has 0 fully saturated rings. The number of hydrogen-bond donors (Lipinski definition) is 0. The maximum atomic E-state index is 4.58. The zero-order valence-electron chi connectivity index (χ0n) is 17.6. The number of aryl methyl sites for hydroxylation is 2. The molecule has 2 rings (SSSR count). The number of benzene rings is 1. The smallest absolute Gasteiger partial charge is 0.159 e. The van der Waals surface area contributed by atoms with Gasteiger partial charge >= 0.3 is 0 Å². The van der Waals surface area contributed by atoms with Gasteiger partial charge in [0.15, 0.2) is 5.82 Å². The van der Waals surface area contributed by atoms with Gasteiger partial charge in [0.1, 0.15) is 0 Å². The lowest BCUT2D eigenvalue weighted by Crippen LogP contribution is -1.94. The summed E-state index contributed by atoms with van der Waals surface area (Å²) in [6.07, 6.45) is 21.0. The van der Waals surface area contributed by atoms with Crippen molar-refractivity contribution >= 4 is 0 Å². The van der Waals surface area contributed by atoms with Crippen molar-refractivity contribution in [1.29, 1.82) is 0 Å². The first kappa shape index (κ1) is 21.6. The van der Waals surface area contributed by atoms with Crippen LogP contribution < -0.4 is 0 Å². The maximum absolute atomic E-state index is 4.58. The van der Waals surface area contributed by atoms with Gasteiger partial charge in [-0.25, -0.2) is 9.97 Å². The van der Waals surface area contributed by atoms with Gasteiger partial charge in [0.05, 0.1) is 0 Å². The topological polar surface area (TPSA) is 25.8 Å². The summed E-state index contributed by atoms with van der Waals surface area (Å²) >= 11 is 0. The van der Waals surface area contributed by atoms with Crippen molar-refractivity contribution in [3.05, 3.63) is 47.8 Å². The monoisotopic (exact) mass is 366 g/mol. The van der Waals surface area contributed by atoms with Gasteiger partial charge in [0.2, 0.25) is 0 Å². The predicted octanol–water partition coefficient (Wildman–Crippen LogP) is 7.56. The highest BCUT2D eigenvalue weighted by molar-refractivity contribution is 5.55. The first-order valence-electron chi connectivity index (χ1n) is 11.2. The van der Waals surface area contributed by atoms with Gasteiger partial charge in [-0.05, 0) is 36.8 Å². The summed E-state index contributed by atoms with van der Waals surface area (Å²) in [7, 11) is 0. The third-order valence-corrected chi connectivity index (χ3v) is 5.31. The molecule has 0 aliphatic heterocycles. The molecule has 1 aromatic carbocycles. The summed E-state index contributed by atoms with van der Waals surface area (Å²) in [5.41, 5.74) is 3.81. The Labute approximate surface area is 166 Å². The Hall–Kier alpha value is -1.70. The highest BCUT2D eigenvalue weighted by Gasteiger charge is 2.03. The molecule has 0 amide bonds. The maximum Gasteiger partial charge on any atom is 0.159 e. The second-order valence-corrected chi connectivity index (χ2v) is 7.79. The lowest BCUT2D eigenvalue weighted by molar-refractivity contribution is 0.589. The van der Waals surface area contributed by atoms with Crippen molar-refractivity contribution in [2.24, 2.45) is 0 Å². The Kier molecular flexibility index (Phi) is 10.8. The van der Waals surface area contributed by atoms with Crippen LogP contribution in [0.1, 0.15) is 95.6 Å². The highest BCUT2D eigenvalue weighted by Crippen LogP contribution is 2.18. The van der Waals surface area contributed by atoms with Crippen LogP contribution in [0.3, 0.4) is 0 Å². The number of hydrogen-bond acceptors (Lipinski definition) is 2. The van der Waals surface area contributed by atoms with Crippen molar-refractivity contribution in [2.75, 3.05) is 0 Å². The van der Waals surface area contributed by atoms with Crippen LogP contribution >= 0.6 is 0 Å². The predicted molar refractivity (Wildman–Crippen MR) is 117 cm³/mol. The van der Waals surface area contributed by atoms with Crippen molar-refractivity contribution in [3.8, 4) is 11.4 Å². The summed E-state index contributed by atoms with van der Waals surface area (Å²) in [5, 5.41) is 0. The van der Waals surface area contributed by atoms with Crippen LogP contribution in [-0.2, 0) is 12.8 Å². The lowest BCUT2D eigenvalue weighted by atomic mass is 10.0. The normalized spacial score (nSPS) is 11.0. The molecule has 0 aliphatic carbocycles. The second kappa shape index (κ2) is 13.5. The van der Waals surface area contributed by atoms with Gasteiger partial charge in [-0.15, -0.1) is 0 Å². The Morgan fingerprint density at radius 1 is 0.556 bits per heavy atom. The van der Waals surface area contributed by atoms with Crippen LogP contribution in [-0.4, -0.2) is 9.97 Å². The van der Waals surface area contributed by atoms with Crippen molar-refractivity contribution in [1.82, 2.24) is 9.97 Å². The number of nitrogens with zero attached hydrogens (tertiary/aromatic N) is 2. The molecule has 27 heavy (non-hydrogen) atoms. The van der Waals surface area contributed by atoms with Gasteiger partial charge in [-0.3, -0.25) is 0 Å². The summed E-state index contributed by atoms with van der Waals surface area (Å²) in [6, 6.07) is 8.84. The molecule has 148 valence electrons. The van der Waals surface area contributed by atoms with E-state index in [1.807, 2.05) is 12.4 Å². The number of aromatic nitrogens is 2.